The highest BCUT2D eigenvalue weighted by molar-refractivity contribution is 6.05. The van der Waals surface area contributed by atoms with E-state index in [-0.39, 0.29) is 41.4 Å². The molecule has 3 aromatic carbocycles. The number of fused-ring (bicyclic) bond motifs is 2. The number of carbonyl (C=O) groups is 3. The number of rotatable bonds is 7. The van der Waals surface area contributed by atoms with Crippen molar-refractivity contribution >= 4 is 29.1 Å². The Kier molecular flexibility index (Phi) is 10.2. The van der Waals surface area contributed by atoms with E-state index in [2.05, 4.69) is 26.1 Å². The molecule has 4 fully saturated rings. The van der Waals surface area contributed by atoms with Crippen molar-refractivity contribution in [1.82, 2.24) is 15.1 Å². The van der Waals surface area contributed by atoms with Crippen molar-refractivity contribution in [1.29, 1.82) is 0 Å². The van der Waals surface area contributed by atoms with Gasteiger partial charge in [0, 0.05) is 87.2 Å². The third-order valence-electron chi connectivity index (χ3n) is 14.0. The van der Waals surface area contributed by atoms with Crippen LogP contribution in [0.1, 0.15) is 103 Å². The number of imide groups is 1. The van der Waals surface area contributed by atoms with Gasteiger partial charge in [-0.2, -0.15) is 0 Å². The number of amides is 3. The van der Waals surface area contributed by atoms with Crippen LogP contribution in [0, 0.1) is 29.4 Å². The molecule has 0 spiro atoms. The number of hydrogen-bond donors (Lipinski definition) is 2. The van der Waals surface area contributed by atoms with Crippen LogP contribution in [0.5, 0.6) is 5.75 Å². The summed E-state index contributed by atoms with van der Waals surface area (Å²) < 4.78 is 32.7. The van der Waals surface area contributed by atoms with Crippen molar-refractivity contribution in [3.05, 3.63) is 88.0 Å². The van der Waals surface area contributed by atoms with Crippen molar-refractivity contribution in [3.63, 3.8) is 0 Å². The van der Waals surface area contributed by atoms with Crippen molar-refractivity contribution < 1.29 is 28.3 Å². The molecule has 56 heavy (non-hydrogen) atoms. The SMILES string of the molecule is O=C1CC[C@H](N2Cc3cc(N4CCN(CC5CCN(c6cc(F)c([C@H]7c8ccc(O)cc8CC[C@H]7C7CCCCC7)c(F)c6)CC5)CC4)ccc3C2=O)C(=O)N1. The highest BCUT2D eigenvalue weighted by Crippen LogP contribution is 2.50. The number of piperazine rings is 1. The number of carbonyl (C=O) groups excluding carboxylic acids is 3. The van der Waals surface area contributed by atoms with Gasteiger partial charge in [-0.15, -0.1) is 0 Å². The fraction of sp³-hybridized carbons (Fsp3) is 0.533. The van der Waals surface area contributed by atoms with E-state index in [0.29, 0.717) is 36.1 Å². The van der Waals surface area contributed by atoms with Gasteiger partial charge in [-0.25, -0.2) is 8.78 Å². The second-order valence-corrected chi connectivity index (χ2v) is 17.2. The van der Waals surface area contributed by atoms with Gasteiger partial charge >= 0.3 is 0 Å². The molecule has 3 saturated heterocycles. The standard InChI is InChI=1S/C45H53F2N5O4/c46-38-24-33(25-39(47)43(38)42-35(29-4-2-1-3-5-29)9-6-30-23-34(53)8-11-36(30)42)50-16-14-28(15-17-50)26-49-18-20-51(21-19-49)32-7-10-37-31(22-32)27-52(45(37)56)40-12-13-41(54)48-44(40)55/h7-8,10-11,22-25,28-29,35,40,42,53H,1-6,9,12-21,26-27H2,(H,48,54,55)/t35-,40-,42+/m0/s1. The second kappa shape index (κ2) is 15.4. The number of phenols is 1. The number of aryl methyl sites for hydroxylation is 1. The van der Waals surface area contributed by atoms with Crippen molar-refractivity contribution in [2.45, 2.75) is 89.1 Å². The van der Waals surface area contributed by atoms with Crippen molar-refractivity contribution in [2.24, 2.45) is 17.8 Å². The molecule has 1 saturated carbocycles. The molecule has 0 radical (unpaired) electrons. The minimum atomic E-state index is -0.615. The van der Waals surface area contributed by atoms with Crippen LogP contribution in [0.15, 0.2) is 48.5 Å². The molecular weight excluding hydrogens is 713 g/mol. The van der Waals surface area contributed by atoms with E-state index in [9.17, 15) is 19.5 Å². The van der Waals surface area contributed by atoms with Crippen LogP contribution in [0.2, 0.25) is 0 Å². The van der Waals surface area contributed by atoms with E-state index >= 15 is 8.78 Å². The molecule has 2 N–H and O–H groups in total. The van der Waals surface area contributed by atoms with E-state index in [1.165, 1.54) is 19.3 Å². The molecule has 4 aliphatic heterocycles. The molecule has 2 aliphatic carbocycles. The van der Waals surface area contributed by atoms with Gasteiger partial charge in [0.15, 0.2) is 0 Å². The Morgan fingerprint density at radius 3 is 2.18 bits per heavy atom. The molecule has 0 unspecified atom stereocenters. The predicted molar refractivity (Wildman–Crippen MR) is 211 cm³/mol. The summed E-state index contributed by atoms with van der Waals surface area (Å²) in [5, 5.41) is 12.6. The first-order valence-corrected chi connectivity index (χ1v) is 21.0. The zero-order valence-corrected chi connectivity index (χ0v) is 32.2. The minimum absolute atomic E-state index is 0.152. The number of anilines is 2. The smallest absolute Gasteiger partial charge is 0.255 e. The van der Waals surface area contributed by atoms with Gasteiger partial charge in [-0.05, 0) is 109 Å². The lowest BCUT2D eigenvalue weighted by atomic mass is 9.64. The van der Waals surface area contributed by atoms with E-state index in [0.717, 1.165) is 107 Å². The van der Waals surface area contributed by atoms with Crippen LogP contribution in [-0.2, 0) is 22.6 Å². The fourth-order valence-corrected chi connectivity index (χ4v) is 11.0. The number of aromatic hydroxyl groups is 1. The first-order valence-electron chi connectivity index (χ1n) is 21.0. The molecule has 3 amide bonds. The van der Waals surface area contributed by atoms with Crippen molar-refractivity contribution in [3.8, 4) is 5.75 Å². The van der Waals surface area contributed by atoms with Gasteiger partial charge in [0.2, 0.25) is 11.8 Å². The summed E-state index contributed by atoms with van der Waals surface area (Å²) in [4.78, 5) is 45.9. The maximum Gasteiger partial charge on any atom is 0.255 e. The minimum Gasteiger partial charge on any atom is -0.508 e. The number of piperidine rings is 2. The van der Waals surface area contributed by atoms with Crippen LogP contribution in [-0.4, -0.2) is 84.5 Å². The summed E-state index contributed by atoms with van der Waals surface area (Å²) in [5.74, 6) is -0.704. The molecule has 3 aromatic rings. The summed E-state index contributed by atoms with van der Waals surface area (Å²) >= 11 is 0. The van der Waals surface area contributed by atoms with Gasteiger partial charge in [0.1, 0.15) is 23.4 Å². The Morgan fingerprint density at radius 1 is 0.714 bits per heavy atom. The van der Waals surface area contributed by atoms with Crippen molar-refractivity contribution in [2.75, 3.05) is 55.6 Å². The van der Waals surface area contributed by atoms with Crippen LogP contribution in [0.4, 0.5) is 20.2 Å². The number of phenolic OH excluding ortho intramolecular Hbond substituents is 1. The van der Waals surface area contributed by atoms with Gasteiger partial charge < -0.3 is 19.8 Å². The zero-order valence-electron chi connectivity index (χ0n) is 32.2. The molecular formula is C45H53F2N5O4. The van der Waals surface area contributed by atoms with Gasteiger partial charge in [-0.3, -0.25) is 24.6 Å². The quantitative estimate of drug-likeness (QED) is 0.257. The highest BCUT2D eigenvalue weighted by Gasteiger charge is 2.41. The number of nitrogens with zero attached hydrogens (tertiary/aromatic N) is 4. The average Bonchev–Trinajstić information content (AvgIpc) is 3.53. The average molecular weight is 766 g/mol. The number of nitrogens with one attached hydrogen (secondary N) is 1. The maximum atomic E-state index is 16.3. The topological polar surface area (TPSA) is 96.4 Å². The largest absolute Gasteiger partial charge is 0.508 e. The first kappa shape index (κ1) is 37.1. The third kappa shape index (κ3) is 7.16. The maximum absolute atomic E-state index is 16.3. The Labute approximate surface area is 328 Å². The summed E-state index contributed by atoms with van der Waals surface area (Å²) in [7, 11) is 0. The summed E-state index contributed by atoms with van der Waals surface area (Å²) in [6, 6.07) is 13.8. The Hall–Kier alpha value is -4.51. The molecule has 296 valence electrons. The number of halogens is 2. The molecule has 4 heterocycles. The third-order valence-corrected chi connectivity index (χ3v) is 14.0. The predicted octanol–water partition coefficient (Wildman–Crippen LogP) is 6.74. The molecule has 3 atom stereocenters. The Balaban J connectivity index is 0.801. The molecule has 0 aromatic heterocycles. The van der Waals surface area contributed by atoms with Crippen LogP contribution in [0.3, 0.4) is 0 Å². The number of hydrogen-bond acceptors (Lipinski definition) is 7. The van der Waals surface area contributed by atoms with Crippen LogP contribution < -0.4 is 15.1 Å². The Bertz CT molecular complexity index is 1980. The van der Waals surface area contributed by atoms with E-state index in [1.54, 1.807) is 29.2 Å². The lowest BCUT2D eigenvalue weighted by Crippen LogP contribution is -2.52. The molecule has 6 aliphatic rings. The first-order chi connectivity index (χ1) is 27.2. The summed E-state index contributed by atoms with van der Waals surface area (Å²) in [5.41, 5.74) is 5.44. The van der Waals surface area contributed by atoms with Gasteiger partial charge in [-0.1, -0.05) is 38.2 Å². The molecule has 0 bridgehead atoms. The van der Waals surface area contributed by atoms with Gasteiger partial charge in [0.25, 0.3) is 5.91 Å². The van der Waals surface area contributed by atoms with E-state index < -0.39 is 23.6 Å². The lowest BCUT2D eigenvalue weighted by Gasteiger charge is -2.41. The van der Waals surface area contributed by atoms with Gasteiger partial charge in [0.05, 0.1) is 0 Å². The molecule has 11 heteroatoms. The summed E-state index contributed by atoms with van der Waals surface area (Å²) in [6.45, 7) is 6.53. The van der Waals surface area contributed by atoms with E-state index in [4.69, 9.17) is 0 Å². The second-order valence-electron chi connectivity index (χ2n) is 17.2. The fourth-order valence-electron chi connectivity index (χ4n) is 11.0. The Morgan fingerprint density at radius 2 is 1.45 bits per heavy atom. The number of benzene rings is 3. The van der Waals surface area contributed by atoms with Crippen LogP contribution >= 0.6 is 0 Å². The van der Waals surface area contributed by atoms with Crippen LogP contribution in [0.25, 0.3) is 0 Å². The zero-order chi connectivity index (χ0) is 38.5. The molecule has 9 rings (SSSR count). The monoisotopic (exact) mass is 765 g/mol. The van der Waals surface area contributed by atoms with E-state index in [1.807, 2.05) is 18.2 Å². The highest BCUT2D eigenvalue weighted by atomic mass is 19.1. The lowest BCUT2D eigenvalue weighted by molar-refractivity contribution is -0.136. The summed E-state index contributed by atoms with van der Waals surface area (Å²) in [6.07, 6.45) is 10.1. The molecule has 9 nitrogen and oxygen atoms in total. The normalized spacial score (nSPS) is 25.4.